The molecule has 0 heterocycles. The highest BCUT2D eigenvalue weighted by Crippen LogP contribution is 2.39. The predicted molar refractivity (Wildman–Crippen MR) is 54.6 cm³/mol. The van der Waals surface area contributed by atoms with Crippen molar-refractivity contribution in [3.05, 3.63) is 58.9 Å². The van der Waals surface area contributed by atoms with Crippen LogP contribution in [-0.4, -0.2) is 0 Å². The van der Waals surface area contributed by atoms with Gasteiger partial charge in [-0.15, -0.1) is 0 Å². The van der Waals surface area contributed by atoms with Gasteiger partial charge >= 0.3 is 0 Å². The van der Waals surface area contributed by atoms with Gasteiger partial charge in [-0.25, -0.2) is 13.2 Å². The lowest BCUT2D eigenvalue weighted by Crippen LogP contribution is -1.96. The molecular formula is C13H7F3. The second-order valence-electron chi connectivity index (χ2n) is 3.85. The van der Waals surface area contributed by atoms with Gasteiger partial charge in [0.25, 0.3) is 0 Å². The van der Waals surface area contributed by atoms with Crippen molar-refractivity contribution in [3.8, 4) is 11.1 Å². The van der Waals surface area contributed by atoms with Gasteiger partial charge in [0.05, 0.1) is 0 Å². The van der Waals surface area contributed by atoms with E-state index in [1.807, 2.05) is 12.1 Å². The van der Waals surface area contributed by atoms with Crippen LogP contribution in [-0.2, 0) is 6.42 Å². The minimum absolute atomic E-state index is 0.250. The van der Waals surface area contributed by atoms with Crippen molar-refractivity contribution in [1.82, 2.24) is 0 Å². The molecule has 0 aromatic heterocycles. The minimum Gasteiger partial charge on any atom is -0.204 e. The molecule has 0 spiro atoms. The van der Waals surface area contributed by atoms with E-state index < -0.39 is 17.5 Å². The van der Waals surface area contributed by atoms with Crippen LogP contribution in [0.25, 0.3) is 11.1 Å². The van der Waals surface area contributed by atoms with E-state index in [1.54, 1.807) is 12.1 Å². The Morgan fingerprint density at radius 2 is 1.62 bits per heavy atom. The summed E-state index contributed by atoms with van der Waals surface area (Å²) < 4.78 is 39.7. The van der Waals surface area contributed by atoms with Crippen molar-refractivity contribution in [3.63, 3.8) is 0 Å². The number of rotatable bonds is 0. The Labute approximate surface area is 90.3 Å². The van der Waals surface area contributed by atoms with Gasteiger partial charge in [-0.2, -0.15) is 0 Å². The molecule has 80 valence electrons. The first-order valence-electron chi connectivity index (χ1n) is 4.93. The zero-order chi connectivity index (χ0) is 11.3. The second-order valence-corrected chi connectivity index (χ2v) is 3.85. The molecule has 0 unspecified atom stereocenters. The molecule has 0 amide bonds. The molecule has 0 saturated carbocycles. The molecule has 0 fully saturated rings. The van der Waals surface area contributed by atoms with Crippen LogP contribution in [0.5, 0.6) is 0 Å². The molecule has 0 atom stereocenters. The number of halogens is 3. The normalized spacial score (nSPS) is 12.4. The van der Waals surface area contributed by atoms with Gasteiger partial charge in [0.15, 0.2) is 17.5 Å². The Morgan fingerprint density at radius 1 is 0.875 bits per heavy atom. The highest BCUT2D eigenvalue weighted by atomic mass is 19.2. The Balaban J connectivity index is 2.34. The van der Waals surface area contributed by atoms with Crippen LogP contribution < -0.4 is 0 Å². The minimum atomic E-state index is -1.38. The number of fused-ring (bicyclic) bond motifs is 3. The summed E-state index contributed by atoms with van der Waals surface area (Å²) in [5.74, 6) is -3.58. The maximum atomic E-state index is 13.5. The molecular weight excluding hydrogens is 213 g/mol. The average molecular weight is 220 g/mol. The van der Waals surface area contributed by atoms with Crippen molar-refractivity contribution in [2.75, 3.05) is 0 Å². The number of benzene rings is 2. The van der Waals surface area contributed by atoms with Crippen molar-refractivity contribution >= 4 is 0 Å². The zero-order valence-corrected chi connectivity index (χ0v) is 8.23. The summed E-state index contributed by atoms with van der Waals surface area (Å²) in [6.45, 7) is 0. The summed E-state index contributed by atoms with van der Waals surface area (Å²) in [6.07, 6.45) is 0.328. The third-order valence-corrected chi connectivity index (χ3v) is 2.94. The average Bonchev–Trinajstić information content (AvgIpc) is 2.65. The maximum Gasteiger partial charge on any atom is 0.194 e. The van der Waals surface area contributed by atoms with Gasteiger partial charge in [-0.1, -0.05) is 24.3 Å². The lowest BCUT2D eigenvalue weighted by Gasteiger charge is -2.03. The van der Waals surface area contributed by atoms with E-state index in [2.05, 4.69) is 0 Å². The van der Waals surface area contributed by atoms with Crippen LogP contribution in [0.2, 0.25) is 0 Å². The number of hydrogen-bond acceptors (Lipinski definition) is 0. The fraction of sp³-hybridized carbons (Fsp3) is 0.0769. The molecule has 0 saturated heterocycles. The molecule has 1 aliphatic carbocycles. The van der Waals surface area contributed by atoms with Crippen molar-refractivity contribution < 1.29 is 13.2 Å². The molecule has 2 aromatic carbocycles. The summed E-state index contributed by atoms with van der Waals surface area (Å²) in [5, 5.41) is 0. The lowest BCUT2D eigenvalue weighted by molar-refractivity contribution is 0.443. The second kappa shape index (κ2) is 3.11. The molecule has 2 aromatic rings. The summed E-state index contributed by atoms with van der Waals surface area (Å²) in [5.41, 5.74) is 2.41. The van der Waals surface area contributed by atoms with E-state index in [4.69, 9.17) is 0 Å². The molecule has 0 bridgehead atoms. The van der Waals surface area contributed by atoms with E-state index >= 15 is 0 Å². The summed E-state index contributed by atoms with van der Waals surface area (Å²) >= 11 is 0. The van der Waals surface area contributed by atoms with E-state index in [1.165, 1.54) is 0 Å². The van der Waals surface area contributed by atoms with Gasteiger partial charge < -0.3 is 0 Å². The van der Waals surface area contributed by atoms with Crippen molar-refractivity contribution in [1.29, 1.82) is 0 Å². The molecule has 16 heavy (non-hydrogen) atoms. The van der Waals surface area contributed by atoms with E-state index in [9.17, 15) is 13.2 Å². The van der Waals surface area contributed by atoms with E-state index in [0.717, 1.165) is 17.2 Å². The molecule has 0 nitrogen and oxygen atoms in total. The Hall–Kier alpha value is -1.77. The zero-order valence-electron chi connectivity index (χ0n) is 8.23. The SMILES string of the molecule is Fc1cc2c(c(F)c1F)Cc1ccccc1-2. The van der Waals surface area contributed by atoms with Crippen LogP contribution in [0.3, 0.4) is 0 Å². The molecule has 3 heteroatoms. The molecule has 0 aliphatic heterocycles. The third kappa shape index (κ3) is 1.11. The van der Waals surface area contributed by atoms with Gasteiger partial charge in [-0.05, 0) is 22.8 Å². The predicted octanol–water partition coefficient (Wildman–Crippen LogP) is 3.68. The van der Waals surface area contributed by atoms with Crippen LogP contribution in [0.4, 0.5) is 13.2 Å². The van der Waals surface area contributed by atoms with Gasteiger partial charge in [0.2, 0.25) is 0 Å². The third-order valence-electron chi connectivity index (χ3n) is 2.94. The van der Waals surface area contributed by atoms with Gasteiger partial charge in [0.1, 0.15) is 0 Å². The van der Waals surface area contributed by atoms with Crippen LogP contribution in [0.15, 0.2) is 30.3 Å². The van der Waals surface area contributed by atoms with Crippen LogP contribution >= 0.6 is 0 Å². The van der Waals surface area contributed by atoms with Crippen molar-refractivity contribution in [2.45, 2.75) is 6.42 Å². The fourth-order valence-electron chi connectivity index (χ4n) is 2.17. The molecule has 3 rings (SSSR count). The number of hydrogen-bond donors (Lipinski definition) is 0. The standard InChI is InChI=1S/C13H7F3/c14-11-6-9-8-4-2-1-3-7(8)5-10(9)12(15)13(11)16/h1-4,6H,5H2. The molecule has 0 N–H and O–H groups in total. The van der Waals surface area contributed by atoms with Gasteiger partial charge in [0, 0.05) is 12.0 Å². The first-order valence-corrected chi connectivity index (χ1v) is 4.93. The summed E-state index contributed by atoms with van der Waals surface area (Å²) in [4.78, 5) is 0. The van der Waals surface area contributed by atoms with Crippen molar-refractivity contribution in [2.24, 2.45) is 0 Å². The molecule has 0 radical (unpaired) electrons. The maximum absolute atomic E-state index is 13.5. The van der Waals surface area contributed by atoms with E-state index in [0.29, 0.717) is 12.0 Å². The monoisotopic (exact) mass is 220 g/mol. The first-order chi connectivity index (χ1) is 7.68. The summed E-state index contributed by atoms with van der Waals surface area (Å²) in [6, 6.07) is 8.32. The van der Waals surface area contributed by atoms with Crippen LogP contribution in [0.1, 0.15) is 11.1 Å². The highest BCUT2D eigenvalue weighted by molar-refractivity contribution is 5.76. The molecule has 1 aliphatic rings. The Bertz CT molecular complexity index is 588. The van der Waals surface area contributed by atoms with E-state index in [-0.39, 0.29) is 5.56 Å². The lowest BCUT2D eigenvalue weighted by atomic mass is 10.1. The summed E-state index contributed by atoms with van der Waals surface area (Å²) in [7, 11) is 0. The topological polar surface area (TPSA) is 0 Å². The Kier molecular flexibility index (Phi) is 1.84. The smallest absolute Gasteiger partial charge is 0.194 e. The largest absolute Gasteiger partial charge is 0.204 e. The van der Waals surface area contributed by atoms with Crippen LogP contribution in [0, 0.1) is 17.5 Å². The fourth-order valence-corrected chi connectivity index (χ4v) is 2.17. The highest BCUT2D eigenvalue weighted by Gasteiger charge is 2.25. The Morgan fingerprint density at radius 3 is 2.44 bits per heavy atom. The first kappa shape index (κ1) is 9.46. The van der Waals surface area contributed by atoms with Gasteiger partial charge in [-0.3, -0.25) is 0 Å². The quantitative estimate of drug-likeness (QED) is 0.507.